The Bertz CT molecular complexity index is 718. The van der Waals surface area contributed by atoms with Crippen LogP contribution in [0.1, 0.15) is 31.7 Å². The van der Waals surface area contributed by atoms with Gasteiger partial charge < -0.3 is 9.47 Å². The molecule has 152 valence electrons. The molecule has 7 heteroatoms. The first kappa shape index (κ1) is 20.3. The normalized spacial score (nSPS) is 23.1. The SMILES string of the molecule is CCOC(=O)[C@@H]1CCCN([C@@H]2CC(=O)N(CCc3ccc(OC)cc3)C2=O)C1. The highest BCUT2D eigenvalue weighted by atomic mass is 16.5. The van der Waals surface area contributed by atoms with Gasteiger partial charge in [-0.05, 0) is 50.4 Å². The number of esters is 1. The fourth-order valence-electron chi connectivity index (χ4n) is 3.96. The summed E-state index contributed by atoms with van der Waals surface area (Å²) in [7, 11) is 1.61. The van der Waals surface area contributed by atoms with E-state index in [-0.39, 0.29) is 30.1 Å². The van der Waals surface area contributed by atoms with Crippen LogP contribution in [0.4, 0.5) is 0 Å². The first-order valence-electron chi connectivity index (χ1n) is 9.91. The molecular weight excluding hydrogens is 360 g/mol. The molecule has 2 heterocycles. The maximum atomic E-state index is 12.9. The minimum atomic E-state index is -0.458. The molecule has 1 aromatic rings. The zero-order chi connectivity index (χ0) is 20.1. The number of carbonyl (C=O) groups is 3. The van der Waals surface area contributed by atoms with E-state index in [0.29, 0.717) is 26.1 Å². The maximum Gasteiger partial charge on any atom is 0.310 e. The molecule has 28 heavy (non-hydrogen) atoms. The summed E-state index contributed by atoms with van der Waals surface area (Å²) < 4.78 is 10.3. The molecule has 0 aromatic heterocycles. The summed E-state index contributed by atoms with van der Waals surface area (Å²) in [6, 6.07) is 7.16. The van der Waals surface area contributed by atoms with Gasteiger partial charge in [0.05, 0.1) is 32.1 Å². The molecule has 2 aliphatic heterocycles. The Morgan fingerprint density at radius 3 is 2.64 bits per heavy atom. The van der Waals surface area contributed by atoms with Crippen LogP contribution < -0.4 is 4.74 Å². The fourth-order valence-corrected chi connectivity index (χ4v) is 3.96. The molecule has 0 aliphatic carbocycles. The van der Waals surface area contributed by atoms with Crippen molar-refractivity contribution in [2.75, 3.05) is 33.4 Å². The van der Waals surface area contributed by atoms with Crippen molar-refractivity contribution in [1.82, 2.24) is 9.80 Å². The summed E-state index contributed by atoms with van der Waals surface area (Å²) in [5, 5.41) is 0. The van der Waals surface area contributed by atoms with E-state index in [1.807, 2.05) is 29.2 Å². The van der Waals surface area contributed by atoms with Gasteiger partial charge in [-0.1, -0.05) is 12.1 Å². The number of amides is 2. The van der Waals surface area contributed by atoms with E-state index in [9.17, 15) is 14.4 Å². The van der Waals surface area contributed by atoms with Crippen molar-refractivity contribution in [3.63, 3.8) is 0 Å². The molecule has 0 bridgehead atoms. The van der Waals surface area contributed by atoms with Gasteiger partial charge in [0.25, 0.3) is 0 Å². The highest BCUT2D eigenvalue weighted by Gasteiger charge is 2.43. The second-order valence-electron chi connectivity index (χ2n) is 7.29. The number of hydrogen-bond donors (Lipinski definition) is 0. The van der Waals surface area contributed by atoms with Gasteiger partial charge in [-0.3, -0.25) is 24.2 Å². The molecular formula is C21H28N2O5. The standard InChI is InChI=1S/C21H28N2O5/c1-3-28-21(26)16-5-4-11-22(14-16)18-13-19(24)23(20(18)25)12-10-15-6-8-17(27-2)9-7-15/h6-9,16,18H,3-5,10-14H2,1-2H3/t16-,18-/m1/s1. The zero-order valence-electron chi connectivity index (χ0n) is 16.6. The first-order chi connectivity index (χ1) is 13.5. The number of hydrogen-bond acceptors (Lipinski definition) is 6. The number of imide groups is 1. The van der Waals surface area contributed by atoms with E-state index in [2.05, 4.69) is 0 Å². The summed E-state index contributed by atoms with van der Waals surface area (Å²) in [5.41, 5.74) is 1.05. The van der Waals surface area contributed by atoms with Crippen LogP contribution in [0.5, 0.6) is 5.75 Å². The van der Waals surface area contributed by atoms with E-state index in [4.69, 9.17) is 9.47 Å². The second-order valence-corrected chi connectivity index (χ2v) is 7.29. The van der Waals surface area contributed by atoms with Crippen LogP contribution in [-0.2, 0) is 25.5 Å². The zero-order valence-corrected chi connectivity index (χ0v) is 16.6. The summed E-state index contributed by atoms with van der Waals surface area (Å²) in [4.78, 5) is 40.7. The van der Waals surface area contributed by atoms with Crippen molar-refractivity contribution in [3.8, 4) is 5.75 Å². The molecule has 0 saturated carbocycles. The topological polar surface area (TPSA) is 76.2 Å². The van der Waals surface area contributed by atoms with E-state index in [1.165, 1.54) is 4.90 Å². The molecule has 2 fully saturated rings. The van der Waals surface area contributed by atoms with Crippen LogP contribution in [0.15, 0.2) is 24.3 Å². The van der Waals surface area contributed by atoms with Crippen molar-refractivity contribution in [3.05, 3.63) is 29.8 Å². The lowest BCUT2D eigenvalue weighted by atomic mass is 9.96. The maximum absolute atomic E-state index is 12.9. The van der Waals surface area contributed by atoms with Crippen molar-refractivity contribution >= 4 is 17.8 Å². The van der Waals surface area contributed by atoms with Crippen molar-refractivity contribution < 1.29 is 23.9 Å². The van der Waals surface area contributed by atoms with Crippen LogP contribution in [-0.4, -0.2) is 67.0 Å². The van der Waals surface area contributed by atoms with Crippen molar-refractivity contribution in [2.24, 2.45) is 5.92 Å². The van der Waals surface area contributed by atoms with Gasteiger partial charge in [-0.15, -0.1) is 0 Å². The predicted octanol–water partition coefficient (Wildman–Crippen LogP) is 1.64. The minimum Gasteiger partial charge on any atom is -0.497 e. The molecule has 0 spiro atoms. The second kappa shape index (κ2) is 9.19. The number of carbonyl (C=O) groups excluding carboxylic acids is 3. The van der Waals surface area contributed by atoms with Crippen molar-refractivity contribution in [1.29, 1.82) is 0 Å². The Morgan fingerprint density at radius 2 is 1.96 bits per heavy atom. The van der Waals surface area contributed by atoms with E-state index in [0.717, 1.165) is 30.7 Å². The van der Waals surface area contributed by atoms with Gasteiger partial charge in [0, 0.05) is 13.1 Å². The molecule has 2 aliphatic rings. The fraction of sp³-hybridized carbons (Fsp3) is 0.571. The number of nitrogens with zero attached hydrogens (tertiary/aromatic N) is 2. The number of benzene rings is 1. The van der Waals surface area contributed by atoms with Gasteiger partial charge >= 0.3 is 5.97 Å². The Hall–Kier alpha value is -2.41. The minimum absolute atomic E-state index is 0.137. The Kier molecular flexibility index (Phi) is 6.67. The summed E-state index contributed by atoms with van der Waals surface area (Å²) >= 11 is 0. The molecule has 2 saturated heterocycles. The monoisotopic (exact) mass is 388 g/mol. The van der Waals surface area contributed by atoms with Gasteiger partial charge in [-0.2, -0.15) is 0 Å². The number of methoxy groups -OCH3 is 1. The smallest absolute Gasteiger partial charge is 0.310 e. The lowest BCUT2D eigenvalue weighted by molar-refractivity contribution is -0.151. The van der Waals surface area contributed by atoms with E-state index in [1.54, 1.807) is 14.0 Å². The highest BCUT2D eigenvalue weighted by Crippen LogP contribution is 2.26. The van der Waals surface area contributed by atoms with Gasteiger partial charge in [0.2, 0.25) is 11.8 Å². The molecule has 0 radical (unpaired) electrons. The predicted molar refractivity (Wildman–Crippen MR) is 103 cm³/mol. The van der Waals surface area contributed by atoms with E-state index >= 15 is 0 Å². The van der Waals surface area contributed by atoms with Crippen LogP contribution >= 0.6 is 0 Å². The average molecular weight is 388 g/mol. The molecule has 0 unspecified atom stereocenters. The molecule has 2 amide bonds. The van der Waals surface area contributed by atoms with Crippen LogP contribution in [0.25, 0.3) is 0 Å². The largest absolute Gasteiger partial charge is 0.497 e. The highest BCUT2D eigenvalue weighted by molar-refractivity contribution is 6.05. The van der Waals surface area contributed by atoms with Crippen LogP contribution in [0.2, 0.25) is 0 Å². The third kappa shape index (κ3) is 4.52. The summed E-state index contributed by atoms with van der Waals surface area (Å²) in [5.74, 6) is 0.0634. The van der Waals surface area contributed by atoms with Gasteiger partial charge in [0.15, 0.2) is 0 Å². The van der Waals surface area contributed by atoms with Crippen molar-refractivity contribution in [2.45, 2.75) is 38.6 Å². The van der Waals surface area contributed by atoms with Crippen LogP contribution in [0, 0.1) is 5.92 Å². The number of rotatable bonds is 7. The number of ether oxygens (including phenoxy) is 2. The molecule has 3 rings (SSSR count). The lowest BCUT2D eigenvalue weighted by Gasteiger charge is -2.34. The van der Waals surface area contributed by atoms with E-state index < -0.39 is 6.04 Å². The molecule has 7 nitrogen and oxygen atoms in total. The van der Waals surface area contributed by atoms with Gasteiger partial charge in [-0.25, -0.2) is 0 Å². The average Bonchev–Trinajstić information content (AvgIpc) is 3.00. The molecule has 1 aromatic carbocycles. The van der Waals surface area contributed by atoms with Crippen LogP contribution in [0.3, 0.4) is 0 Å². The Morgan fingerprint density at radius 1 is 1.21 bits per heavy atom. The number of piperidine rings is 1. The van der Waals surface area contributed by atoms with Gasteiger partial charge in [0.1, 0.15) is 5.75 Å². The third-order valence-electron chi connectivity index (χ3n) is 5.52. The lowest BCUT2D eigenvalue weighted by Crippen LogP contribution is -2.48. The third-order valence-corrected chi connectivity index (χ3v) is 5.52. The summed E-state index contributed by atoms with van der Waals surface area (Å²) in [6.45, 7) is 3.73. The number of likely N-dealkylation sites (tertiary alicyclic amines) is 2. The summed E-state index contributed by atoms with van der Waals surface area (Å²) in [6.07, 6.45) is 2.40. The Balaban J connectivity index is 1.58. The quantitative estimate of drug-likeness (QED) is 0.522. The molecule has 0 N–H and O–H groups in total. The first-order valence-corrected chi connectivity index (χ1v) is 9.91. The Labute approximate surface area is 165 Å². The molecule has 2 atom stereocenters.